The van der Waals surface area contributed by atoms with E-state index < -0.39 is 0 Å². The molecule has 0 aliphatic carbocycles. The molecule has 0 spiro atoms. The van der Waals surface area contributed by atoms with Crippen LogP contribution in [0.5, 0.6) is 0 Å². The van der Waals surface area contributed by atoms with Crippen LogP contribution in [-0.2, 0) is 5.41 Å². The van der Waals surface area contributed by atoms with Gasteiger partial charge in [0, 0.05) is 24.4 Å². The molecule has 22 heavy (non-hydrogen) atoms. The highest BCUT2D eigenvalue weighted by atomic mass is 16.1. The Kier molecular flexibility index (Phi) is 3.58. The fourth-order valence-corrected chi connectivity index (χ4v) is 2.25. The van der Waals surface area contributed by atoms with E-state index in [2.05, 4.69) is 39.3 Å². The summed E-state index contributed by atoms with van der Waals surface area (Å²) in [5, 5.41) is 9.66. The highest BCUT2D eigenvalue weighted by molar-refractivity contribution is 5.94. The van der Waals surface area contributed by atoms with Gasteiger partial charge in [0.1, 0.15) is 11.2 Å². The van der Waals surface area contributed by atoms with Gasteiger partial charge in [0.15, 0.2) is 0 Å². The SMILES string of the molecule is CC(C)(CNC(=O)c1ccc2[nH]ncc2n1)c1ccncc1. The van der Waals surface area contributed by atoms with Crippen molar-refractivity contribution in [2.45, 2.75) is 19.3 Å². The van der Waals surface area contributed by atoms with Gasteiger partial charge in [-0.2, -0.15) is 5.10 Å². The lowest BCUT2D eigenvalue weighted by molar-refractivity contribution is 0.0941. The molecule has 0 saturated carbocycles. The standard InChI is InChI=1S/C16H17N5O/c1-16(2,11-5-7-17-8-6-11)10-18-15(22)13-4-3-12-14(20-13)9-19-21-12/h3-9H,10H2,1-2H3,(H,18,22)(H,19,21). The molecule has 0 saturated heterocycles. The van der Waals surface area contributed by atoms with Crippen molar-refractivity contribution < 1.29 is 4.79 Å². The monoisotopic (exact) mass is 295 g/mol. The first-order chi connectivity index (χ1) is 10.6. The van der Waals surface area contributed by atoms with Crippen molar-refractivity contribution in [3.63, 3.8) is 0 Å². The van der Waals surface area contributed by atoms with Crippen molar-refractivity contribution in [2.24, 2.45) is 0 Å². The average molecular weight is 295 g/mol. The van der Waals surface area contributed by atoms with Crippen LogP contribution in [0.2, 0.25) is 0 Å². The number of aromatic amines is 1. The molecular formula is C16H17N5O. The molecule has 0 aromatic carbocycles. The number of carbonyl (C=O) groups excluding carboxylic acids is 1. The Morgan fingerprint density at radius 1 is 1.23 bits per heavy atom. The number of nitrogens with zero attached hydrogens (tertiary/aromatic N) is 3. The molecule has 1 amide bonds. The van der Waals surface area contributed by atoms with Gasteiger partial charge in [-0.05, 0) is 29.8 Å². The fraction of sp³-hybridized carbons (Fsp3) is 0.250. The summed E-state index contributed by atoms with van der Waals surface area (Å²) in [5.74, 6) is -0.190. The summed E-state index contributed by atoms with van der Waals surface area (Å²) >= 11 is 0. The third-order valence-corrected chi connectivity index (χ3v) is 3.68. The van der Waals surface area contributed by atoms with Crippen LogP contribution in [0.1, 0.15) is 29.9 Å². The van der Waals surface area contributed by atoms with E-state index in [0.29, 0.717) is 17.8 Å². The van der Waals surface area contributed by atoms with Gasteiger partial charge in [0.05, 0.1) is 11.7 Å². The summed E-state index contributed by atoms with van der Waals surface area (Å²) in [6, 6.07) is 7.41. The van der Waals surface area contributed by atoms with Crippen LogP contribution in [0.3, 0.4) is 0 Å². The summed E-state index contributed by atoms with van der Waals surface area (Å²) in [7, 11) is 0. The lowest BCUT2D eigenvalue weighted by Gasteiger charge is -2.25. The minimum absolute atomic E-state index is 0.182. The summed E-state index contributed by atoms with van der Waals surface area (Å²) < 4.78 is 0. The van der Waals surface area contributed by atoms with Gasteiger partial charge in [-0.1, -0.05) is 13.8 Å². The molecule has 3 heterocycles. The highest BCUT2D eigenvalue weighted by Gasteiger charge is 2.22. The zero-order valence-corrected chi connectivity index (χ0v) is 12.5. The van der Waals surface area contributed by atoms with Gasteiger partial charge in [-0.25, -0.2) is 4.98 Å². The van der Waals surface area contributed by atoms with Crippen LogP contribution >= 0.6 is 0 Å². The van der Waals surface area contributed by atoms with Crippen LogP contribution < -0.4 is 5.32 Å². The maximum Gasteiger partial charge on any atom is 0.269 e. The third-order valence-electron chi connectivity index (χ3n) is 3.68. The number of hydrogen-bond acceptors (Lipinski definition) is 4. The lowest BCUT2D eigenvalue weighted by Crippen LogP contribution is -2.37. The molecule has 0 atom stereocenters. The maximum absolute atomic E-state index is 12.3. The van der Waals surface area contributed by atoms with E-state index in [4.69, 9.17) is 0 Å². The van der Waals surface area contributed by atoms with Crippen molar-refractivity contribution in [3.05, 3.63) is 54.1 Å². The van der Waals surface area contributed by atoms with E-state index in [0.717, 1.165) is 11.1 Å². The Labute approximate surface area is 128 Å². The molecule has 0 aliphatic heterocycles. The summed E-state index contributed by atoms with van der Waals surface area (Å²) in [6.45, 7) is 4.67. The molecule has 0 unspecified atom stereocenters. The molecule has 6 nitrogen and oxygen atoms in total. The van der Waals surface area contributed by atoms with Crippen LogP contribution in [0.25, 0.3) is 11.0 Å². The second kappa shape index (κ2) is 5.55. The van der Waals surface area contributed by atoms with E-state index in [1.807, 2.05) is 12.1 Å². The Balaban J connectivity index is 1.71. The number of carbonyl (C=O) groups is 1. The largest absolute Gasteiger partial charge is 0.350 e. The fourth-order valence-electron chi connectivity index (χ4n) is 2.25. The molecule has 6 heteroatoms. The normalized spacial score (nSPS) is 11.5. The predicted octanol–water partition coefficient (Wildman–Crippen LogP) is 2.06. The van der Waals surface area contributed by atoms with E-state index in [1.165, 1.54) is 0 Å². The van der Waals surface area contributed by atoms with Crippen molar-refractivity contribution >= 4 is 16.9 Å². The zero-order chi connectivity index (χ0) is 15.6. The highest BCUT2D eigenvalue weighted by Crippen LogP contribution is 2.21. The van der Waals surface area contributed by atoms with Crippen LogP contribution in [0.15, 0.2) is 42.9 Å². The summed E-state index contributed by atoms with van der Waals surface area (Å²) in [5.41, 5.74) is 2.83. The van der Waals surface area contributed by atoms with E-state index >= 15 is 0 Å². The molecule has 0 radical (unpaired) electrons. The number of fused-ring (bicyclic) bond motifs is 1. The molecule has 3 aromatic heterocycles. The Bertz CT molecular complexity index is 794. The number of pyridine rings is 2. The molecule has 112 valence electrons. The lowest BCUT2D eigenvalue weighted by atomic mass is 9.85. The zero-order valence-electron chi connectivity index (χ0n) is 12.5. The number of amides is 1. The first-order valence-electron chi connectivity index (χ1n) is 7.05. The quantitative estimate of drug-likeness (QED) is 0.771. The van der Waals surface area contributed by atoms with Gasteiger partial charge in [-0.15, -0.1) is 0 Å². The third kappa shape index (κ3) is 2.81. The maximum atomic E-state index is 12.3. The number of H-pyrrole nitrogens is 1. The molecule has 0 bridgehead atoms. The van der Waals surface area contributed by atoms with Gasteiger partial charge in [0.2, 0.25) is 0 Å². The number of aromatic nitrogens is 4. The Morgan fingerprint density at radius 3 is 2.77 bits per heavy atom. The second-order valence-electron chi connectivity index (χ2n) is 5.80. The minimum Gasteiger partial charge on any atom is -0.350 e. The van der Waals surface area contributed by atoms with E-state index in [-0.39, 0.29) is 11.3 Å². The smallest absolute Gasteiger partial charge is 0.269 e. The molecule has 0 fully saturated rings. The Morgan fingerprint density at radius 2 is 2.00 bits per heavy atom. The van der Waals surface area contributed by atoms with Gasteiger partial charge >= 0.3 is 0 Å². The summed E-state index contributed by atoms with van der Waals surface area (Å²) in [4.78, 5) is 20.6. The number of hydrogen-bond donors (Lipinski definition) is 2. The van der Waals surface area contributed by atoms with Crippen LogP contribution in [0, 0.1) is 0 Å². The van der Waals surface area contributed by atoms with Gasteiger partial charge in [0.25, 0.3) is 5.91 Å². The van der Waals surface area contributed by atoms with Crippen LogP contribution in [0.4, 0.5) is 0 Å². The molecule has 0 aliphatic rings. The first kappa shape index (κ1) is 14.2. The van der Waals surface area contributed by atoms with Crippen molar-refractivity contribution in [2.75, 3.05) is 6.54 Å². The van der Waals surface area contributed by atoms with E-state index in [1.54, 1.807) is 30.7 Å². The summed E-state index contributed by atoms with van der Waals surface area (Å²) in [6.07, 6.45) is 5.12. The number of nitrogens with one attached hydrogen (secondary N) is 2. The average Bonchev–Trinajstić information content (AvgIpc) is 3.01. The van der Waals surface area contributed by atoms with Crippen molar-refractivity contribution in [3.8, 4) is 0 Å². The first-order valence-corrected chi connectivity index (χ1v) is 7.05. The molecule has 2 N–H and O–H groups in total. The molecule has 3 rings (SSSR count). The van der Waals surface area contributed by atoms with Crippen molar-refractivity contribution in [1.82, 2.24) is 25.5 Å². The second-order valence-corrected chi connectivity index (χ2v) is 5.80. The Hall–Kier alpha value is -2.76. The van der Waals surface area contributed by atoms with E-state index in [9.17, 15) is 4.79 Å². The van der Waals surface area contributed by atoms with Gasteiger partial charge in [-0.3, -0.25) is 14.9 Å². The minimum atomic E-state index is -0.190. The predicted molar refractivity (Wildman–Crippen MR) is 83.5 cm³/mol. The number of rotatable bonds is 4. The topological polar surface area (TPSA) is 83.6 Å². The van der Waals surface area contributed by atoms with Crippen LogP contribution in [-0.4, -0.2) is 32.6 Å². The molecule has 3 aromatic rings. The van der Waals surface area contributed by atoms with Crippen molar-refractivity contribution in [1.29, 1.82) is 0 Å². The molecular weight excluding hydrogens is 278 g/mol. The van der Waals surface area contributed by atoms with Gasteiger partial charge < -0.3 is 5.32 Å².